The number of hydrogen-bond donors (Lipinski definition) is 0. The van der Waals surface area contributed by atoms with Crippen LogP contribution in [0.25, 0.3) is 22.4 Å². The Bertz CT molecular complexity index is 1430. The van der Waals surface area contributed by atoms with Gasteiger partial charge in [-0.3, -0.25) is 18.6 Å². The number of hydrogen-bond acceptors (Lipinski definition) is 5. The number of nitriles is 1. The molecular formula is C20H13ClN4O3. The van der Waals surface area contributed by atoms with Crippen LogP contribution in [0.2, 0.25) is 5.02 Å². The average Bonchev–Trinajstić information content (AvgIpc) is 2.69. The number of benzene rings is 1. The fourth-order valence-corrected chi connectivity index (χ4v) is 3.33. The topological polar surface area (TPSA) is 89.4 Å². The zero-order chi connectivity index (χ0) is 20.0. The lowest BCUT2D eigenvalue weighted by Gasteiger charge is -2.15. The summed E-state index contributed by atoms with van der Waals surface area (Å²) in [5.74, 6) is 0.356. The normalized spacial score (nSPS) is 10.9. The van der Waals surface area contributed by atoms with Crippen LogP contribution in [0, 0.1) is 18.3 Å². The fraction of sp³-hybridized carbons (Fsp3) is 0.100. The molecule has 0 aliphatic rings. The zero-order valence-electron chi connectivity index (χ0n) is 14.9. The molecule has 0 saturated carbocycles. The molecule has 0 aliphatic carbocycles. The number of pyridine rings is 2. The van der Waals surface area contributed by atoms with Gasteiger partial charge in [0.1, 0.15) is 23.0 Å². The van der Waals surface area contributed by atoms with Gasteiger partial charge in [-0.25, -0.2) is 4.98 Å². The van der Waals surface area contributed by atoms with Crippen molar-refractivity contribution in [2.24, 2.45) is 0 Å². The molecule has 3 aromatic heterocycles. The molecule has 0 spiro atoms. The van der Waals surface area contributed by atoms with Crippen LogP contribution < -0.4 is 15.9 Å². The van der Waals surface area contributed by atoms with Gasteiger partial charge in [-0.15, -0.1) is 0 Å². The van der Waals surface area contributed by atoms with E-state index < -0.39 is 5.56 Å². The number of aromatic nitrogens is 3. The first-order valence-electron chi connectivity index (χ1n) is 8.28. The average molecular weight is 393 g/mol. The molecule has 4 aromatic rings. The van der Waals surface area contributed by atoms with Crippen molar-refractivity contribution < 1.29 is 4.74 Å². The molecule has 138 valence electrons. The second-order valence-electron chi connectivity index (χ2n) is 6.17. The fourth-order valence-electron chi connectivity index (χ4n) is 3.16. The number of ether oxygens (including phenoxy) is 1. The largest absolute Gasteiger partial charge is 0.495 e. The summed E-state index contributed by atoms with van der Waals surface area (Å²) < 4.78 is 7.95. The van der Waals surface area contributed by atoms with Crippen LogP contribution in [0.5, 0.6) is 5.75 Å². The SMILES string of the molecule is COc1ccc(Cl)cc1-n1c(=O)c(C#N)cc2c(=O)n3cccc(C)c3nc21. The number of aryl methyl sites for hydroxylation is 1. The Morgan fingerprint density at radius 1 is 1.14 bits per heavy atom. The second kappa shape index (κ2) is 6.51. The van der Waals surface area contributed by atoms with E-state index >= 15 is 0 Å². The summed E-state index contributed by atoms with van der Waals surface area (Å²) >= 11 is 6.13. The van der Waals surface area contributed by atoms with Crippen molar-refractivity contribution in [2.75, 3.05) is 7.11 Å². The number of methoxy groups -OCH3 is 1. The summed E-state index contributed by atoms with van der Waals surface area (Å²) in [6.45, 7) is 1.82. The van der Waals surface area contributed by atoms with Crippen molar-refractivity contribution in [3.05, 3.63) is 79.5 Å². The molecule has 0 unspecified atom stereocenters. The van der Waals surface area contributed by atoms with Gasteiger partial charge in [0.25, 0.3) is 11.1 Å². The monoisotopic (exact) mass is 392 g/mol. The Hall–Kier alpha value is -3.63. The number of fused-ring (bicyclic) bond motifs is 2. The molecule has 0 radical (unpaired) electrons. The van der Waals surface area contributed by atoms with Crippen LogP contribution in [0.1, 0.15) is 11.1 Å². The van der Waals surface area contributed by atoms with Gasteiger partial charge in [0.05, 0.1) is 18.2 Å². The Balaban J connectivity index is 2.31. The van der Waals surface area contributed by atoms with Crippen LogP contribution in [-0.2, 0) is 0 Å². The van der Waals surface area contributed by atoms with E-state index in [0.717, 1.165) is 5.56 Å². The van der Waals surface area contributed by atoms with E-state index in [1.807, 2.05) is 19.1 Å². The van der Waals surface area contributed by atoms with Crippen LogP contribution >= 0.6 is 11.6 Å². The molecule has 0 bridgehead atoms. The first-order valence-corrected chi connectivity index (χ1v) is 8.66. The predicted octanol–water partition coefficient (Wildman–Crippen LogP) is 2.84. The molecule has 28 heavy (non-hydrogen) atoms. The van der Waals surface area contributed by atoms with E-state index in [2.05, 4.69) is 4.98 Å². The summed E-state index contributed by atoms with van der Waals surface area (Å²) in [7, 11) is 1.45. The standard InChI is InChI=1S/C20H13ClN4O3/c1-11-4-3-7-24-17(11)23-18-14(20(24)27)8-12(10-22)19(26)25(18)15-9-13(21)5-6-16(15)28-2/h3-9H,1-2H3. The summed E-state index contributed by atoms with van der Waals surface area (Å²) in [5.41, 5.74) is 0.439. The number of halogens is 1. The maximum Gasteiger partial charge on any atom is 0.274 e. The van der Waals surface area contributed by atoms with E-state index in [4.69, 9.17) is 16.3 Å². The molecule has 0 atom stereocenters. The molecule has 0 N–H and O–H groups in total. The molecule has 8 heteroatoms. The maximum atomic E-state index is 13.1. The quantitative estimate of drug-likeness (QED) is 0.489. The smallest absolute Gasteiger partial charge is 0.274 e. The highest BCUT2D eigenvalue weighted by Gasteiger charge is 2.19. The van der Waals surface area contributed by atoms with Crippen molar-refractivity contribution in [1.82, 2.24) is 14.0 Å². The molecule has 0 aliphatic heterocycles. The van der Waals surface area contributed by atoms with Gasteiger partial charge >= 0.3 is 0 Å². The summed E-state index contributed by atoms with van der Waals surface area (Å²) in [6.07, 6.45) is 1.60. The van der Waals surface area contributed by atoms with Crippen LogP contribution in [0.3, 0.4) is 0 Å². The van der Waals surface area contributed by atoms with Gasteiger partial charge in [-0.1, -0.05) is 17.7 Å². The summed E-state index contributed by atoms with van der Waals surface area (Å²) in [5, 5.41) is 9.94. The van der Waals surface area contributed by atoms with Gasteiger partial charge in [-0.05, 0) is 42.8 Å². The van der Waals surface area contributed by atoms with Crippen molar-refractivity contribution in [2.45, 2.75) is 6.92 Å². The highest BCUT2D eigenvalue weighted by Crippen LogP contribution is 2.27. The third-order valence-corrected chi connectivity index (χ3v) is 4.74. The molecule has 0 amide bonds. The maximum absolute atomic E-state index is 13.1. The van der Waals surface area contributed by atoms with Crippen molar-refractivity contribution in [3.8, 4) is 17.5 Å². The molecule has 7 nitrogen and oxygen atoms in total. The third-order valence-electron chi connectivity index (χ3n) is 4.50. The van der Waals surface area contributed by atoms with E-state index in [1.54, 1.807) is 24.4 Å². The Morgan fingerprint density at radius 3 is 2.64 bits per heavy atom. The molecule has 4 rings (SSSR count). The van der Waals surface area contributed by atoms with E-state index in [-0.39, 0.29) is 22.2 Å². The van der Waals surface area contributed by atoms with Gasteiger partial charge in [0.2, 0.25) is 0 Å². The number of nitrogens with zero attached hydrogens (tertiary/aromatic N) is 4. The lowest BCUT2D eigenvalue weighted by atomic mass is 10.2. The van der Waals surface area contributed by atoms with Crippen molar-refractivity contribution in [3.63, 3.8) is 0 Å². The summed E-state index contributed by atoms with van der Waals surface area (Å²) in [4.78, 5) is 30.7. The minimum Gasteiger partial charge on any atom is -0.495 e. The van der Waals surface area contributed by atoms with Crippen molar-refractivity contribution >= 4 is 28.3 Å². The van der Waals surface area contributed by atoms with Crippen LogP contribution in [0.4, 0.5) is 0 Å². The van der Waals surface area contributed by atoms with E-state index in [0.29, 0.717) is 22.1 Å². The molecule has 0 saturated heterocycles. The van der Waals surface area contributed by atoms with Gasteiger partial charge in [-0.2, -0.15) is 5.26 Å². The first-order chi connectivity index (χ1) is 13.5. The number of rotatable bonds is 2. The third kappa shape index (κ3) is 2.54. The minimum absolute atomic E-state index is 0.129. The van der Waals surface area contributed by atoms with Crippen LogP contribution in [-0.4, -0.2) is 21.1 Å². The Labute approximate surface area is 163 Å². The van der Waals surface area contributed by atoms with Crippen LogP contribution in [0.15, 0.2) is 52.2 Å². The minimum atomic E-state index is -0.611. The predicted molar refractivity (Wildman–Crippen MR) is 106 cm³/mol. The lowest BCUT2D eigenvalue weighted by molar-refractivity contribution is 0.413. The molecule has 1 aromatic carbocycles. The first kappa shape index (κ1) is 17.8. The highest BCUT2D eigenvalue weighted by molar-refractivity contribution is 6.30. The van der Waals surface area contributed by atoms with Gasteiger partial charge in [0.15, 0.2) is 5.65 Å². The Morgan fingerprint density at radius 2 is 1.93 bits per heavy atom. The van der Waals surface area contributed by atoms with Gasteiger partial charge < -0.3 is 4.74 Å². The van der Waals surface area contributed by atoms with Crippen molar-refractivity contribution in [1.29, 1.82) is 5.26 Å². The summed E-state index contributed by atoms with van der Waals surface area (Å²) in [6, 6.07) is 11.4. The molecule has 3 heterocycles. The highest BCUT2D eigenvalue weighted by atomic mass is 35.5. The van der Waals surface area contributed by atoms with Gasteiger partial charge in [0, 0.05) is 11.2 Å². The Kier molecular flexibility index (Phi) is 4.13. The lowest BCUT2D eigenvalue weighted by Crippen LogP contribution is -2.26. The van der Waals surface area contributed by atoms with E-state index in [9.17, 15) is 14.9 Å². The molecule has 0 fully saturated rings. The molecular weight excluding hydrogens is 380 g/mol. The zero-order valence-corrected chi connectivity index (χ0v) is 15.7. The second-order valence-corrected chi connectivity index (χ2v) is 6.60. The van der Waals surface area contributed by atoms with E-state index in [1.165, 1.54) is 28.2 Å².